The Morgan fingerprint density at radius 3 is 2.64 bits per heavy atom. The number of rotatable bonds is 2. The van der Waals surface area contributed by atoms with Gasteiger partial charge in [-0.05, 0) is 31.4 Å². The van der Waals surface area contributed by atoms with Gasteiger partial charge < -0.3 is 19.7 Å². The number of nitrogens with one attached hydrogen (secondary N) is 2. The number of aliphatic imine (C=N–C) groups is 1. The van der Waals surface area contributed by atoms with Gasteiger partial charge in [0.15, 0.2) is 5.82 Å². The van der Waals surface area contributed by atoms with E-state index in [2.05, 4.69) is 27.3 Å². The minimum Gasteiger partial charge on any atom is -0.358 e. The normalized spacial score (nSPS) is 21.2. The van der Waals surface area contributed by atoms with E-state index in [0.717, 1.165) is 24.5 Å². The van der Waals surface area contributed by atoms with E-state index in [9.17, 15) is 4.79 Å². The standard InChI is InChI=1S/C17H18N6O.C2H5.CH3.Y/c1-22-16(24)13-14(18-10-6-3-2-4-7-10)20-21-15(13)23-12-9-5-8-11(12)19-17(22)23;1-2;;/h2-4,6-7,11-12H,5,8-9H2,1H3,(H2,18,20,21);1H2,2H3;1H3;/q;2*-1;. The largest absolute Gasteiger partial charge is 0.358 e. The average molecular weight is 455 g/mol. The van der Waals surface area contributed by atoms with Crippen molar-refractivity contribution in [2.45, 2.75) is 38.3 Å². The van der Waals surface area contributed by atoms with Crippen LogP contribution < -0.4 is 10.2 Å². The van der Waals surface area contributed by atoms with Crippen molar-refractivity contribution in [1.82, 2.24) is 15.1 Å². The van der Waals surface area contributed by atoms with Crippen molar-refractivity contribution >= 4 is 29.2 Å². The first-order valence-electron chi connectivity index (χ1n) is 9.00. The molecule has 1 saturated carbocycles. The van der Waals surface area contributed by atoms with Crippen molar-refractivity contribution in [1.29, 1.82) is 0 Å². The van der Waals surface area contributed by atoms with Crippen molar-refractivity contribution in [2.24, 2.45) is 4.99 Å². The third-order valence-corrected chi connectivity index (χ3v) is 5.11. The fourth-order valence-electron chi connectivity index (χ4n) is 3.96. The third kappa shape index (κ3) is 3.50. The number of amides is 1. The molecule has 0 bridgehead atoms. The molecular formula is C20H26N6OY-2. The zero-order valence-electron chi connectivity index (χ0n) is 16.6. The van der Waals surface area contributed by atoms with E-state index in [1.165, 1.54) is 6.42 Å². The monoisotopic (exact) mass is 455 g/mol. The number of aromatic nitrogens is 2. The Bertz CT molecular complexity index is 850. The van der Waals surface area contributed by atoms with Crippen LogP contribution in [0, 0.1) is 14.4 Å². The van der Waals surface area contributed by atoms with Crippen molar-refractivity contribution in [3.63, 3.8) is 0 Å². The van der Waals surface area contributed by atoms with Crippen LogP contribution in [0.2, 0.25) is 0 Å². The number of hydrogen-bond acceptors (Lipinski definition) is 5. The van der Waals surface area contributed by atoms with Crippen molar-refractivity contribution in [3.05, 3.63) is 50.2 Å². The van der Waals surface area contributed by atoms with Crippen LogP contribution in [0.5, 0.6) is 0 Å². The number of nitrogens with zero attached hydrogens (tertiary/aromatic N) is 4. The van der Waals surface area contributed by atoms with Gasteiger partial charge in [-0.1, -0.05) is 18.2 Å². The van der Waals surface area contributed by atoms with E-state index < -0.39 is 0 Å². The Morgan fingerprint density at radius 2 is 1.93 bits per heavy atom. The van der Waals surface area contributed by atoms with Gasteiger partial charge in [-0.3, -0.25) is 19.7 Å². The molecule has 1 radical (unpaired) electrons. The number of para-hydroxylation sites is 1. The average Bonchev–Trinajstić information content (AvgIpc) is 3.37. The van der Waals surface area contributed by atoms with E-state index in [0.29, 0.717) is 23.2 Å². The molecule has 2 unspecified atom stereocenters. The summed E-state index contributed by atoms with van der Waals surface area (Å²) >= 11 is 0. The first kappa shape index (κ1) is 22.6. The predicted molar refractivity (Wildman–Crippen MR) is 109 cm³/mol. The zero-order valence-corrected chi connectivity index (χ0v) is 19.5. The first-order chi connectivity index (χ1) is 12.7. The zero-order chi connectivity index (χ0) is 18.3. The molecule has 3 aliphatic rings. The molecule has 1 aliphatic carbocycles. The summed E-state index contributed by atoms with van der Waals surface area (Å²) in [5.74, 6) is 1.99. The van der Waals surface area contributed by atoms with Crippen LogP contribution in [-0.2, 0) is 32.7 Å². The van der Waals surface area contributed by atoms with E-state index in [1.807, 2.05) is 30.3 Å². The fourth-order valence-corrected chi connectivity index (χ4v) is 3.96. The molecule has 8 heteroatoms. The van der Waals surface area contributed by atoms with E-state index in [-0.39, 0.29) is 52.1 Å². The van der Waals surface area contributed by atoms with E-state index in [1.54, 1.807) is 18.9 Å². The predicted octanol–water partition coefficient (Wildman–Crippen LogP) is 3.62. The molecule has 2 atom stereocenters. The summed E-state index contributed by atoms with van der Waals surface area (Å²) in [4.78, 5) is 21.4. The SMILES string of the molecule is CN1C(=O)c2c(n[nH]c2Nc2ccccc2)N2C1=NC1CCCC12.[CH2-]C.[CH3-].[Y]. The van der Waals surface area contributed by atoms with Gasteiger partial charge in [-0.15, -0.1) is 0 Å². The molecule has 1 amide bonds. The third-order valence-electron chi connectivity index (χ3n) is 5.11. The van der Waals surface area contributed by atoms with Gasteiger partial charge in [0, 0.05) is 45.4 Å². The van der Waals surface area contributed by atoms with Gasteiger partial charge in [0.2, 0.25) is 5.96 Å². The number of H-pyrrole nitrogens is 1. The molecule has 0 saturated heterocycles. The minimum absolute atomic E-state index is 0. The molecule has 2 N–H and O–H groups in total. The Morgan fingerprint density at radius 1 is 1.21 bits per heavy atom. The van der Waals surface area contributed by atoms with Crippen LogP contribution in [0.3, 0.4) is 0 Å². The second-order valence-corrected chi connectivity index (χ2v) is 6.52. The number of anilines is 3. The number of carbonyl (C=O) groups is 1. The van der Waals surface area contributed by atoms with Gasteiger partial charge in [0.25, 0.3) is 5.91 Å². The van der Waals surface area contributed by atoms with Crippen LogP contribution >= 0.6 is 0 Å². The quantitative estimate of drug-likeness (QED) is 0.679. The van der Waals surface area contributed by atoms with Crippen molar-refractivity contribution < 1.29 is 37.5 Å². The summed E-state index contributed by atoms with van der Waals surface area (Å²) in [6.07, 6.45) is 3.35. The number of benzene rings is 1. The van der Waals surface area contributed by atoms with E-state index in [4.69, 9.17) is 4.99 Å². The number of aromatic amines is 1. The fraction of sp³-hybridized carbons (Fsp3) is 0.350. The molecule has 1 fully saturated rings. The summed E-state index contributed by atoms with van der Waals surface area (Å²) in [6.45, 7) is 5.00. The molecular weight excluding hydrogens is 429 g/mol. The topological polar surface area (TPSA) is 76.6 Å². The maximum atomic E-state index is 12.9. The Hall–Kier alpha value is -1.73. The van der Waals surface area contributed by atoms with Crippen molar-refractivity contribution in [2.75, 3.05) is 17.3 Å². The van der Waals surface area contributed by atoms with Gasteiger partial charge in [0.1, 0.15) is 11.4 Å². The maximum Gasteiger partial charge on any atom is 0.267 e. The van der Waals surface area contributed by atoms with Gasteiger partial charge in [-0.2, -0.15) is 12.0 Å². The molecule has 147 valence electrons. The molecule has 2 aliphatic heterocycles. The summed E-state index contributed by atoms with van der Waals surface area (Å²) in [5, 5.41) is 10.7. The Labute approximate surface area is 191 Å². The van der Waals surface area contributed by atoms with Gasteiger partial charge >= 0.3 is 0 Å². The minimum atomic E-state index is -0.0767. The molecule has 1 aromatic carbocycles. The molecule has 28 heavy (non-hydrogen) atoms. The molecule has 1 aromatic heterocycles. The summed E-state index contributed by atoms with van der Waals surface area (Å²) in [7, 11) is 1.79. The molecule has 7 nitrogen and oxygen atoms in total. The van der Waals surface area contributed by atoms with Gasteiger partial charge in [0.05, 0.1) is 12.1 Å². The number of fused-ring (bicyclic) bond motifs is 5. The maximum absolute atomic E-state index is 12.9. The summed E-state index contributed by atoms with van der Waals surface area (Å²) in [5.41, 5.74) is 1.51. The molecule has 3 heterocycles. The summed E-state index contributed by atoms with van der Waals surface area (Å²) in [6, 6.07) is 10.4. The molecule has 5 rings (SSSR count). The number of carbonyl (C=O) groups excluding carboxylic acids is 1. The second-order valence-electron chi connectivity index (χ2n) is 6.52. The smallest absolute Gasteiger partial charge is 0.267 e. The van der Waals surface area contributed by atoms with E-state index >= 15 is 0 Å². The molecule has 2 aromatic rings. The van der Waals surface area contributed by atoms with Crippen LogP contribution in [0.4, 0.5) is 17.3 Å². The molecule has 0 spiro atoms. The Balaban J connectivity index is 0.000000680. The van der Waals surface area contributed by atoms with Crippen LogP contribution in [-0.4, -0.2) is 46.1 Å². The van der Waals surface area contributed by atoms with Crippen LogP contribution in [0.25, 0.3) is 0 Å². The van der Waals surface area contributed by atoms with Crippen LogP contribution in [0.15, 0.2) is 35.3 Å². The number of hydrogen-bond donors (Lipinski definition) is 2. The summed E-state index contributed by atoms with van der Waals surface area (Å²) < 4.78 is 0. The first-order valence-corrected chi connectivity index (χ1v) is 9.00. The Kier molecular flexibility index (Phi) is 7.40. The van der Waals surface area contributed by atoms with Crippen LogP contribution in [0.1, 0.15) is 36.5 Å². The van der Waals surface area contributed by atoms with Gasteiger partial charge in [-0.25, -0.2) is 4.99 Å². The second kappa shape index (κ2) is 9.18. The number of guanidine groups is 1. The van der Waals surface area contributed by atoms with Crippen molar-refractivity contribution in [3.8, 4) is 0 Å².